The zero-order valence-electron chi connectivity index (χ0n) is 16.4. The monoisotopic (exact) mass is 397 g/mol. The minimum Gasteiger partial charge on any atom is -0.494 e. The molecular weight excluding hydrogens is 376 g/mol. The first-order valence-corrected chi connectivity index (χ1v) is 9.40. The first-order chi connectivity index (χ1) is 13.9. The topological polar surface area (TPSA) is 58.2 Å². The Morgan fingerprint density at radius 3 is 2.52 bits per heavy atom. The van der Waals surface area contributed by atoms with Crippen molar-refractivity contribution in [3.05, 3.63) is 76.6 Å². The summed E-state index contributed by atoms with van der Waals surface area (Å²) < 4.78 is 32.9. The smallest absolute Gasteiger partial charge is 0.280 e. The van der Waals surface area contributed by atoms with Crippen LogP contribution in [0, 0.1) is 17.6 Å². The van der Waals surface area contributed by atoms with Gasteiger partial charge in [-0.05, 0) is 42.2 Å². The maximum atomic E-state index is 14.4. The maximum absolute atomic E-state index is 14.4. The molecule has 3 aromatic rings. The molecule has 1 N–H and O–H groups in total. The van der Waals surface area contributed by atoms with Crippen molar-refractivity contribution in [1.29, 1.82) is 0 Å². The molecule has 1 aliphatic heterocycles. The van der Waals surface area contributed by atoms with Gasteiger partial charge in [0.2, 0.25) is 0 Å². The summed E-state index contributed by atoms with van der Waals surface area (Å²) in [5.74, 6) is -0.821. The standard InChI is InChI=1S/C22H21F2N3O2/c1-12(2)10-17-19-20(26-25-17)22(28)27(15-8-9-18(29-3)16(24)11-15)21(19)13-4-6-14(23)7-5-13/h4-9,11-12,21H,10H2,1-3H3,(H,25,26). The van der Waals surface area contributed by atoms with E-state index in [-0.39, 0.29) is 17.5 Å². The summed E-state index contributed by atoms with van der Waals surface area (Å²) in [4.78, 5) is 14.7. The van der Waals surface area contributed by atoms with Crippen LogP contribution >= 0.6 is 0 Å². The molecule has 2 aromatic carbocycles. The Morgan fingerprint density at radius 1 is 1.17 bits per heavy atom. The largest absolute Gasteiger partial charge is 0.494 e. The number of hydrogen-bond acceptors (Lipinski definition) is 3. The number of anilines is 1. The van der Waals surface area contributed by atoms with Gasteiger partial charge in [-0.25, -0.2) is 8.78 Å². The van der Waals surface area contributed by atoms with Crippen LogP contribution in [0.2, 0.25) is 0 Å². The van der Waals surface area contributed by atoms with Crippen LogP contribution in [-0.2, 0) is 6.42 Å². The first kappa shape index (κ1) is 19.1. The van der Waals surface area contributed by atoms with Crippen molar-refractivity contribution in [2.75, 3.05) is 12.0 Å². The number of ether oxygens (including phenoxy) is 1. The van der Waals surface area contributed by atoms with Crippen LogP contribution < -0.4 is 9.64 Å². The van der Waals surface area contributed by atoms with Gasteiger partial charge in [0.25, 0.3) is 5.91 Å². The predicted molar refractivity (Wildman–Crippen MR) is 105 cm³/mol. The number of amides is 1. The number of halogens is 2. The van der Waals surface area contributed by atoms with Crippen molar-refractivity contribution in [2.24, 2.45) is 5.92 Å². The molecular formula is C22H21F2N3O2. The van der Waals surface area contributed by atoms with Crippen LogP contribution in [0.4, 0.5) is 14.5 Å². The Labute approximate surface area is 167 Å². The minimum absolute atomic E-state index is 0.0950. The number of nitrogens with one attached hydrogen (secondary N) is 1. The molecule has 7 heteroatoms. The van der Waals surface area contributed by atoms with Crippen LogP contribution in [0.3, 0.4) is 0 Å². The summed E-state index contributed by atoms with van der Waals surface area (Å²) in [6, 6.07) is 9.84. The molecule has 1 amide bonds. The normalized spacial score (nSPS) is 15.9. The molecule has 1 aliphatic rings. The molecule has 1 unspecified atom stereocenters. The lowest BCUT2D eigenvalue weighted by Gasteiger charge is -2.27. The number of methoxy groups -OCH3 is 1. The summed E-state index contributed by atoms with van der Waals surface area (Å²) in [5, 5.41) is 7.23. The molecule has 2 heterocycles. The minimum atomic E-state index is -0.566. The average molecular weight is 397 g/mol. The van der Waals surface area contributed by atoms with Gasteiger partial charge in [0.05, 0.1) is 13.2 Å². The maximum Gasteiger partial charge on any atom is 0.280 e. The number of H-pyrrole nitrogens is 1. The molecule has 29 heavy (non-hydrogen) atoms. The number of rotatable bonds is 5. The number of aromatic nitrogens is 2. The van der Waals surface area contributed by atoms with Crippen molar-refractivity contribution >= 4 is 11.6 Å². The molecule has 0 aliphatic carbocycles. The van der Waals surface area contributed by atoms with Gasteiger partial charge in [0, 0.05) is 23.0 Å². The van der Waals surface area contributed by atoms with Crippen molar-refractivity contribution in [2.45, 2.75) is 26.3 Å². The van der Waals surface area contributed by atoms with Crippen LogP contribution in [0.25, 0.3) is 0 Å². The van der Waals surface area contributed by atoms with Crippen molar-refractivity contribution in [1.82, 2.24) is 10.2 Å². The first-order valence-electron chi connectivity index (χ1n) is 9.40. The lowest BCUT2D eigenvalue weighted by Crippen LogP contribution is -2.29. The molecule has 0 saturated heterocycles. The summed E-state index contributed by atoms with van der Waals surface area (Å²) >= 11 is 0. The highest BCUT2D eigenvalue weighted by molar-refractivity contribution is 6.10. The number of nitrogens with zero attached hydrogens (tertiary/aromatic N) is 2. The number of aromatic amines is 1. The van der Waals surface area contributed by atoms with Crippen molar-refractivity contribution in [3.8, 4) is 5.75 Å². The molecule has 150 valence electrons. The van der Waals surface area contributed by atoms with Gasteiger partial charge >= 0.3 is 0 Å². The Hall–Kier alpha value is -3.22. The summed E-state index contributed by atoms with van der Waals surface area (Å²) in [5.41, 5.74) is 3.03. The highest BCUT2D eigenvalue weighted by Gasteiger charge is 2.43. The number of fused-ring (bicyclic) bond motifs is 1. The summed E-state index contributed by atoms with van der Waals surface area (Å²) in [6.45, 7) is 4.15. The fourth-order valence-corrected chi connectivity index (χ4v) is 3.80. The number of carbonyl (C=O) groups excluding carboxylic acids is 1. The van der Waals surface area contributed by atoms with Crippen molar-refractivity contribution in [3.63, 3.8) is 0 Å². The highest BCUT2D eigenvalue weighted by Crippen LogP contribution is 2.43. The molecule has 0 spiro atoms. The van der Waals surface area contributed by atoms with E-state index >= 15 is 0 Å². The van der Waals surface area contributed by atoms with Gasteiger partial charge in [-0.3, -0.25) is 14.8 Å². The zero-order valence-corrected chi connectivity index (χ0v) is 16.4. The van der Waals surface area contributed by atoms with Crippen LogP contribution in [0.5, 0.6) is 5.75 Å². The molecule has 0 radical (unpaired) electrons. The second-order valence-corrected chi connectivity index (χ2v) is 7.51. The van der Waals surface area contributed by atoms with Crippen molar-refractivity contribution < 1.29 is 18.3 Å². The molecule has 1 aromatic heterocycles. The third-order valence-electron chi connectivity index (χ3n) is 5.05. The van der Waals surface area contributed by atoms with E-state index in [4.69, 9.17) is 4.74 Å². The van der Waals surface area contributed by atoms with E-state index in [1.54, 1.807) is 18.2 Å². The van der Waals surface area contributed by atoms with Gasteiger partial charge in [0.1, 0.15) is 5.82 Å². The van der Waals surface area contributed by atoms with Crippen LogP contribution in [0.1, 0.15) is 47.2 Å². The fraction of sp³-hybridized carbons (Fsp3) is 0.273. The van der Waals surface area contributed by atoms with Gasteiger partial charge in [-0.15, -0.1) is 0 Å². The fourth-order valence-electron chi connectivity index (χ4n) is 3.80. The van der Waals surface area contributed by atoms with E-state index in [2.05, 4.69) is 24.0 Å². The number of hydrogen-bond donors (Lipinski definition) is 1. The molecule has 0 fully saturated rings. The molecule has 0 bridgehead atoms. The lowest BCUT2D eigenvalue weighted by atomic mass is 9.95. The predicted octanol–water partition coefficient (Wildman–Crippen LogP) is 4.64. The van der Waals surface area contributed by atoms with E-state index in [1.165, 1.54) is 36.3 Å². The Bertz CT molecular complexity index is 1060. The Balaban J connectivity index is 1.88. The summed E-state index contributed by atoms with van der Waals surface area (Å²) in [6.07, 6.45) is 0.706. The van der Waals surface area contributed by atoms with Gasteiger partial charge < -0.3 is 4.74 Å². The molecule has 5 nitrogen and oxygen atoms in total. The van der Waals surface area contributed by atoms with Gasteiger partial charge in [-0.2, -0.15) is 5.10 Å². The van der Waals surface area contributed by atoms with E-state index in [0.717, 1.165) is 16.8 Å². The second-order valence-electron chi connectivity index (χ2n) is 7.51. The second kappa shape index (κ2) is 7.31. The summed E-state index contributed by atoms with van der Waals surface area (Å²) in [7, 11) is 1.38. The SMILES string of the molecule is COc1ccc(N2C(=O)c3n[nH]c(CC(C)C)c3C2c2ccc(F)cc2)cc1F. The quantitative estimate of drug-likeness (QED) is 0.682. The van der Waals surface area contributed by atoms with Gasteiger partial charge in [-0.1, -0.05) is 26.0 Å². The Kier molecular flexibility index (Phi) is 4.82. The highest BCUT2D eigenvalue weighted by atomic mass is 19.1. The number of carbonyl (C=O) groups is 1. The third kappa shape index (κ3) is 3.26. The Morgan fingerprint density at radius 2 is 1.90 bits per heavy atom. The zero-order chi connectivity index (χ0) is 20.7. The molecule has 1 atom stereocenters. The lowest BCUT2D eigenvalue weighted by molar-refractivity contribution is 0.0988. The van der Waals surface area contributed by atoms with E-state index < -0.39 is 11.9 Å². The van der Waals surface area contributed by atoms with Crippen LogP contribution in [0.15, 0.2) is 42.5 Å². The van der Waals surface area contributed by atoms with Crippen LogP contribution in [-0.4, -0.2) is 23.2 Å². The van der Waals surface area contributed by atoms with Gasteiger partial charge in [0.15, 0.2) is 17.3 Å². The van der Waals surface area contributed by atoms with E-state index in [1.807, 2.05) is 0 Å². The van der Waals surface area contributed by atoms with E-state index in [0.29, 0.717) is 23.7 Å². The number of benzene rings is 2. The van der Waals surface area contributed by atoms with E-state index in [9.17, 15) is 13.6 Å². The average Bonchev–Trinajstić information content (AvgIpc) is 3.21. The molecule has 4 rings (SSSR count). The third-order valence-corrected chi connectivity index (χ3v) is 5.05. The molecule has 0 saturated carbocycles.